The van der Waals surface area contributed by atoms with Crippen molar-refractivity contribution in [3.63, 3.8) is 0 Å². The molecule has 2 aromatic rings. The first kappa shape index (κ1) is 18.2. The van der Waals surface area contributed by atoms with Gasteiger partial charge in [-0.05, 0) is 38.8 Å². The average molecular weight is 368 g/mol. The highest BCUT2D eigenvalue weighted by molar-refractivity contribution is 5.75. The molecular formula is C17H19F3N4O2. The number of aromatic nitrogens is 2. The molecule has 0 spiro atoms. The van der Waals surface area contributed by atoms with E-state index in [9.17, 15) is 18.0 Å². The molecule has 0 saturated carbocycles. The summed E-state index contributed by atoms with van der Waals surface area (Å²) in [6.45, 7) is 4.29. The monoisotopic (exact) mass is 368 g/mol. The minimum Gasteiger partial charge on any atom is -0.337 e. The summed E-state index contributed by atoms with van der Waals surface area (Å²) in [5, 5.41) is 6.62. The lowest BCUT2D eigenvalue weighted by Crippen LogP contribution is -2.42. The van der Waals surface area contributed by atoms with Gasteiger partial charge in [-0.3, -0.25) is 0 Å². The maximum absolute atomic E-state index is 12.9. The molecule has 1 N–H and O–H groups in total. The summed E-state index contributed by atoms with van der Waals surface area (Å²) in [7, 11) is 0. The van der Waals surface area contributed by atoms with Crippen LogP contribution in [0.15, 0.2) is 28.8 Å². The van der Waals surface area contributed by atoms with Gasteiger partial charge in [0.1, 0.15) is 6.04 Å². The molecule has 1 atom stereocenters. The van der Waals surface area contributed by atoms with E-state index in [2.05, 4.69) is 15.5 Å². The molecule has 1 saturated heterocycles. The van der Waals surface area contributed by atoms with Gasteiger partial charge in [0.2, 0.25) is 11.7 Å². The van der Waals surface area contributed by atoms with Crippen LogP contribution >= 0.6 is 0 Å². The van der Waals surface area contributed by atoms with Crippen molar-refractivity contribution < 1.29 is 22.5 Å². The van der Waals surface area contributed by atoms with Gasteiger partial charge >= 0.3 is 12.2 Å². The fourth-order valence-electron chi connectivity index (χ4n) is 2.92. The maximum atomic E-state index is 12.9. The minimum absolute atomic E-state index is 0.00731. The fourth-order valence-corrected chi connectivity index (χ4v) is 2.92. The second-order valence-electron chi connectivity index (χ2n) is 6.49. The Labute approximate surface area is 148 Å². The van der Waals surface area contributed by atoms with Gasteiger partial charge in [-0.15, -0.1) is 0 Å². The Bertz CT molecular complexity index is 788. The van der Waals surface area contributed by atoms with Crippen molar-refractivity contribution in [1.82, 2.24) is 20.4 Å². The molecular weight excluding hydrogens is 349 g/mol. The molecule has 0 aliphatic carbocycles. The van der Waals surface area contributed by atoms with Gasteiger partial charge in [-0.25, -0.2) is 4.79 Å². The Morgan fingerprint density at radius 3 is 2.85 bits per heavy atom. The maximum Gasteiger partial charge on any atom is 0.416 e. The van der Waals surface area contributed by atoms with E-state index < -0.39 is 11.7 Å². The van der Waals surface area contributed by atoms with Crippen molar-refractivity contribution in [2.45, 2.75) is 44.9 Å². The highest BCUT2D eigenvalue weighted by atomic mass is 19.4. The van der Waals surface area contributed by atoms with Gasteiger partial charge < -0.3 is 14.7 Å². The zero-order chi connectivity index (χ0) is 18.9. The third-order valence-electron chi connectivity index (χ3n) is 4.10. The Balaban J connectivity index is 1.83. The van der Waals surface area contributed by atoms with E-state index >= 15 is 0 Å². The molecule has 2 amide bonds. The first-order chi connectivity index (χ1) is 12.3. The topological polar surface area (TPSA) is 71.3 Å². The first-order valence-corrected chi connectivity index (χ1v) is 8.34. The highest BCUT2D eigenvalue weighted by Crippen LogP contribution is 2.34. The molecule has 3 rings (SSSR count). The van der Waals surface area contributed by atoms with E-state index in [0.717, 1.165) is 18.6 Å². The first-order valence-electron chi connectivity index (χ1n) is 8.34. The summed E-state index contributed by atoms with van der Waals surface area (Å²) in [6, 6.07) is 4.15. The van der Waals surface area contributed by atoms with Gasteiger partial charge in [0, 0.05) is 18.2 Å². The fraction of sp³-hybridized carbons (Fsp3) is 0.471. The van der Waals surface area contributed by atoms with E-state index in [-0.39, 0.29) is 35.4 Å². The van der Waals surface area contributed by atoms with Gasteiger partial charge in [-0.1, -0.05) is 17.3 Å². The lowest BCUT2D eigenvalue weighted by atomic mass is 10.1. The van der Waals surface area contributed by atoms with Crippen LogP contribution in [0.4, 0.5) is 18.0 Å². The summed E-state index contributed by atoms with van der Waals surface area (Å²) in [5.74, 6) is 0.302. The predicted molar refractivity (Wildman–Crippen MR) is 87.1 cm³/mol. The quantitative estimate of drug-likeness (QED) is 0.889. The molecule has 140 valence electrons. The highest BCUT2D eigenvalue weighted by Gasteiger charge is 2.35. The summed E-state index contributed by atoms with van der Waals surface area (Å²) in [5.41, 5.74) is -0.564. The van der Waals surface area contributed by atoms with Crippen LogP contribution in [-0.4, -0.2) is 33.7 Å². The number of alkyl halides is 3. The second-order valence-corrected chi connectivity index (χ2v) is 6.49. The van der Waals surface area contributed by atoms with Crippen LogP contribution < -0.4 is 5.32 Å². The van der Waals surface area contributed by atoms with Gasteiger partial charge in [0.05, 0.1) is 5.56 Å². The number of hydrogen-bond acceptors (Lipinski definition) is 4. The van der Waals surface area contributed by atoms with Crippen molar-refractivity contribution >= 4 is 6.03 Å². The number of nitrogens with one attached hydrogen (secondary N) is 1. The van der Waals surface area contributed by atoms with Gasteiger partial charge in [0.15, 0.2) is 0 Å². The van der Waals surface area contributed by atoms with Crippen LogP contribution in [0, 0.1) is 0 Å². The number of halogens is 3. The molecule has 2 heterocycles. The Morgan fingerprint density at radius 2 is 2.15 bits per heavy atom. The molecule has 0 bridgehead atoms. The number of likely N-dealkylation sites (tertiary alicyclic amines) is 1. The van der Waals surface area contributed by atoms with Crippen molar-refractivity contribution in [1.29, 1.82) is 0 Å². The van der Waals surface area contributed by atoms with E-state index in [1.165, 1.54) is 12.1 Å². The second kappa shape index (κ2) is 6.97. The lowest BCUT2D eigenvalue weighted by Gasteiger charge is -2.23. The Kier molecular flexibility index (Phi) is 4.88. The number of rotatable bonds is 3. The number of urea groups is 1. The van der Waals surface area contributed by atoms with Crippen LogP contribution in [0.5, 0.6) is 0 Å². The van der Waals surface area contributed by atoms with Gasteiger partial charge in [0.25, 0.3) is 0 Å². The Hall–Kier alpha value is -2.58. The van der Waals surface area contributed by atoms with Crippen LogP contribution in [0.2, 0.25) is 0 Å². The summed E-state index contributed by atoms with van der Waals surface area (Å²) in [6.07, 6.45) is -2.99. The summed E-state index contributed by atoms with van der Waals surface area (Å²) >= 11 is 0. The number of hydrogen-bond donors (Lipinski definition) is 1. The molecule has 1 aromatic heterocycles. The molecule has 1 aliphatic heterocycles. The summed E-state index contributed by atoms with van der Waals surface area (Å²) in [4.78, 5) is 18.1. The van der Waals surface area contributed by atoms with Crippen LogP contribution in [-0.2, 0) is 6.18 Å². The van der Waals surface area contributed by atoms with Gasteiger partial charge in [-0.2, -0.15) is 18.2 Å². The number of carbonyl (C=O) groups is 1. The zero-order valence-electron chi connectivity index (χ0n) is 14.4. The molecule has 9 heteroatoms. The minimum atomic E-state index is -4.44. The number of carbonyl (C=O) groups excluding carboxylic acids is 1. The van der Waals surface area contributed by atoms with Crippen molar-refractivity contribution in [2.24, 2.45) is 0 Å². The van der Waals surface area contributed by atoms with E-state index in [1.54, 1.807) is 4.90 Å². The third-order valence-corrected chi connectivity index (χ3v) is 4.10. The average Bonchev–Trinajstić information content (AvgIpc) is 3.22. The van der Waals surface area contributed by atoms with Crippen molar-refractivity contribution in [3.05, 3.63) is 35.7 Å². The van der Waals surface area contributed by atoms with Crippen molar-refractivity contribution in [3.8, 4) is 11.4 Å². The zero-order valence-corrected chi connectivity index (χ0v) is 14.4. The number of amides is 2. The van der Waals surface area contributed by atoms with E-state index in [0.29, 0.717) is 13.0 Å². The van der Waals surface area contributed by atoms with Crippen LogP contribution in [0.3, 0.4) is 0 Å². The number of benzene rings is 1. The molecule has 26 heavy (non-hydrogen) atoms. The molecule has 1 fully saturated rings. The third kappa shape index (κ3) is 3.81. The SMILES string of the molecule is CC(C)NC(=O)N1CCCC1c1nc(-c2cccc(C(F)(F)F)c2)no1. The largest absolute Gasteiger partial charge is 0.416 e. The molecule has 1 aliphatic rings. The van der Waals surface area contributed by atoms with E-state index in [4.69, 9.17) is 4.52 Å². The molecule has 1 aromatic carbocycles. The number of nitrogens with zero attached hydrogens (tertiary/aromatic N) is 3. The van der Waals surface area contributed by atoms with Crippen molar-refractivity contribution in [2.75, 3.05) is 6.54 Å². The smallest absolute Gasteiger partial charge is 0.337 e. The molecule has 0 radical (unpaired) electrons. The van der Waals surface area contributed by atoms with Crippen LogP contribution in [0.1, 0.15) is 44.2 Å². The lowest BCUT2D eigenvalue weighted by molar-refractivity contribution is -0.137. The Morgan fingerprint density at radius 1 is 1.38 bits per heavy atom. The molecule has 6 nitrogen and oxygen atoms in total. The standard InChI is InChI=1S/C17H19F3N4O2/c1-10(2)21-16(25)24-8-4-7-13(24)15-22-14(23-26-15)11-5-3-6-12(9-11)17(18,19)20/h3,5-6,9-10,13H,4,7-8H2,1-2H3,(H,21,25). The van der Waals surface area contributed by atoms with E-state index in [1.807, 2.05) is 13.8 Å². The van der Waals surface area contributed by atoms with Crippen LogP contribution in [0.25, 0.3) is 11.4 Å². The summed E-state index contributed by atoms with van der Waals surface area (Å²) < 4.78 is 43.8. The normalized spacial score (nSPS) is 17.8. The molecule has 1 unspecified atom stereocenters. The predicted octanol–water partition coefficient (Wildman–Crippen LogP) is 4.01.